The Balaban J connectivity index is 2.18. The molecule has 1 rings (SSSR count). The molecule has 0 aliphatic heterocycles. The highest BCUT2D eigenvalue weighted by Crippen LogP contribution is 2.17. The van der Waals surface area contributed by atoms with Crippen LogP contribution in [0.5, 0.6) is 5.75 Å². The predicted octanol–water partition coefficient (Wildman–Crippen LogP) is 5.30. The molecular weight excluding hydrogens is 270 g/mol. The number of hydrogen-bond acceptors (Lipinski definition) is 2. The highest BCUT2D eigenvalue weighted by atomic mass is 16.5. The van der Waals surface area contributed by atoms with E-state index in [1.165, 1.54) is 50.9 Å². The van der Waals surface area contributed by atoms with E-state index in [-0.39, 0.29) is 0 Å². The van der Waals surface area contributed by atoms with Crippen LogP contribution < -0.4 is 4.74 Å². The lowest BCUT2D eigenvalue weighted by molar-refractivity contribution is 0.244. The fourth-order valence-corrected chi connectivity index (χ4v) is 2.86. The van der Waals surface area contributed by atoms with E-state index in [2.05, 4.69) is 56.9 Å². The van der Waals surface area contributed by atoms with E-state index in [9.17, 15) is 0 Å². The molecule has 0 aliphatic rings. The molecule has 0 saturated heterocycles. The number of aryl methyl sites for hydroxylation is 1. The summed E-state index contributed by atoms with van der Waals surface area (Å²) in [6.45, 7) is 13.5. The highest BCUT2D eigenvalue weighted by Gasteiger charge is 2.09. The van der Waals surface area contributed by atoms with Gasteiger partial charge in [0.2, 0.25) is 0 Å². The maximum absolute atomic E-state index is 5.83. The molecule has 0 radical (unpaired) electrons. The summed E-state index contributed by atoms with van der Waals surface area (Å²) in [5.41, 5.74) is 1.28. The van der Waals surface area contributed by atoms with Crippen molar-refractivity contribution >= 4 is 0 Å². The molecule has 0 N–H and O–H groups in total. The third kappa shape index (κ3) is 7.84. The average molecular weight is 306 g/mol. The van der Waals surface area contributed by atoms with Crippen molar-refractivity contribution in [3.63, 3.8) is 0 Å². The topological polar surface area (TPSA) is 12.5 Å². The smallest absolute Gasteiger partial charge is 0.119 e. The molecule has 2 heteroatoms. The van der Waals surface area contributed by atoms with Crippen LogP contribution in [0.4, 0.5) is 0 Å². The Morgan fingerprint density at radius 1 is 1.00 bits per heavy atom. The summed E-state index contributed by atoms with van der Waals surface area (Å²) < 4.78 is 5.83. The van der Waals surface area contributed by atoms with Gasteiger partial charge in [0.05, 0.1) is 6.61 Å². The average Bonchev–Trinajstić information content (AvgIpc) is 2.54. The zero-order valence-electron chi connectivity index (χ0n) is 15.1. The van der Waals surface area contributed by atoms with Crippen LogP contribution in [-0.2, 0) is 0 Å². The highest BCUT2D eigenvalue weighted by molar-refractivity contribution is 5.26. The third-order valence-corrected chi connectivity index (χ3v) is 4.46. The molecule has 126 valence electrons. The fourth-order valence-electron chi connectivity index (χ4n) is 2.86. The van der Waals surface area contributed by atoms with Crippen LogP contribution in [0.25, 0.3) is 0 Å². The Kier molecular flexibility index (Phi) is 9.98. The molecule has 1 atom stereocenters. The largest absolute Gasteiger partial charge is 0.494 e. The lowest BCUT2D eigenvalue weighted by atomic mass is 9.96. The van der Waals surface area contributed by atoms with Gasteiger partial charge in [-0.25, -0.2) is 0 Å². The van der Waals surface area contributed by atoms with Gasteiger partial charge in [0.25, 0.3) is 0 Å². The van der Waals surface area contributed by atoms with Gasteiger partial charge in [-0.05, 0) is 70.3 Å². The number of benzene rings is 1. The van der Waals surface area contributed by atoms with Gasteiger partial charge in [0.1, 0.15) is 5.75 Å². The summed E-state index contributed by atoms with van der Waals surface area (Å²) in [6, 6.07) is 8.35. The molecule has 0 saturated carbocycles. The standard InChI is InChI=1S/C20H35NO/c1-5-15-21(7-3)16-14-19(6-2)9-8-17-22-20-12-10-18(4)11-13-20/h10-13,19H,5-9,14-17H2,1-4H3. The van der Waals surface area contributed by atoms with Crippen molar-refractivity contribution in [2.24, 2.45) is 5.92 Å². The molecule has 0 aromatic heterocycles. The maximum Gasteiger partial charge on any atom is 0.119 e. The van der Waals surface area contributed by atoms with Gasteiger partial charge in [-0.2, -0.15) is 0 Å². The van der Waals surface area contributed by atoms with E-state index in [0.29, 0.717) is 0 Å². The zero-order valence-corrected chi connectivity index (χ0v) is 15.1. The minimum atomic E-state index is 0.839. The van der Waals surface area contributed by atoms with E-state index in [0.717, 1.165) is 24.7 Å². The quantitative estimate of drug-likeness (QED) is 0.486. The second kappa shape index (κ2) is 11.5. The molecule has 0 amide bonds. The Labute approximate surface area is 137 Å². The number of rotatable bonds is 12. The van der Waals surface area contributed by atoms with Crippen molar-refractivity contribution in [2.45, 2.75) is 59.8 Å². The Bertz CT molecular complexity index is 374. The molecule has 22 heavy (non-hydrogen) atoms. The van der Waals surface area contributed by atoms with Gasteiger partial charge in [0, 0.05) is 0 Å². The first-order valence-corrected chi connectivity index (χ1v) is 9.11. The molecule has 1 unspecified atom stereocenters. The second-order valence-electron chi connectivity index (χ2n) is 6.30. The lowest BCUT2D eigenvalue weighted by Crippen LogP contribution is -2.26. The molecule has 0 heterocycles. The molecule has 0 bridgehead atoms. The van der Waals surface area contributed by atoms with E-state index in [1.807, 2.05) is 0 Å². The van der Waals surface area contributed by atoms with Crippen LogP contribution in [0, 0.1) is 12.8 Å². The van der Waals surface area contributed by atoms with Gasteiger partial charge in [-0.1, -0.05) is 44.9 Å². The zero-order chi connectivity index (χ0) is 16.2. The number of hydrogen-bond donors (Lipinski definition) is 0. The first-order valence-electron chi connectivity index (χ1n) is 9.11. The second-order valence-corrected chi connectivity index (χ2v) is 6.30. The van der Waals surface area contributed by atoms with Crippen molar-refractivity contribution in [1.82, 2.24) is 4.90 Å². The van der Waals surface area contributed by atoms with Crippen molar-refractivity contribution in [3.8, 4) is 5.75 Å². The van der Waals surface area contributed by atoms with Crippen LogP contribution in [-0.4, -0.2) is 31.1 Å². The van der Waals surface area contributed by atoms with Gasteiger partial charge in [-0.15, -0.1) is 0 Å². The monoisotopic (exact) mass is 305 g/mol. The molecule has 1 aromatic rings. The van der Waals surface area contributed by atoms with Gasteiger partial charge >= 0.3 is 0 Å². The van der Waals surface area contributed by atoms with Gasteiger partial charge in [0.15, 0.2) is 0 Å². The fraction of sp³-hybridized carbons (Fsp3) is 0.700. The van der Waals surface area contributed by atoms with E-state index >= 15 is 0 Å². The predicted molar refractivity (Wildman–Crippen MR) is 96.7 cm³/mol. The van der Waals surface area contributed by atoms with E-state index in [1.54, 1.807) is 0 Å². The van der Waals surface area contributed by atoms with Crippen molar-refractivity contribution in [2.75, 3.05) is 26.2 Å². The van der Waals surface area contributed by atoms with Crippen LogP contribution in [0.1, 0.15) is 58.4 Å². The lowest BCUT2D eigenvalue weighted by Gasteiger charge is -2.23. The third-order valence-electron chi connectivity index (χ3n) is 4.46. The molecule has 1 aromatic carbocycles. The molecule has 0 fully saturated rings. The van der Waals surface area contributed by atoms with Crippen LogP contribution >= 0.6 is 0 Å². The van der Waals surface area contributed by atoms with E-state index in [4.69, 9.17) is 4.74 Å². The molecular formula is C20H35NO. The van der Waals surface area contributed by atoms with Gasteiger partial charge < -0.3 is 9.64 Å². The van der Waals surface area contributed by atoms with Crippen molar-refractivity contribution in [3.05, 3.63) is 29.8 Å². The molecule has 0 aliphatic carbocycles. The van der Waals surface area contributed by atoms with Crippen molar-refractivity contribution < 1.29 is 4.74 Å². The Hall–Kier alpha value is -1.02. The summed E-state index contributed by atoms with van der Waals surface area (Å²) >= 11 is 0. The summed E-state index contributed by atoms with van der Waals surface area (Å²) in [5, 5.41) is 0. The molecule has 2 nitrogen and oxygen atoms in total. The number of ether oxygens (including phenoxy) is 1. The number of nitrogens with zero attached hydrogens (tertiary/aromatic N) is 1. The summed E-state index contributed by atoms with van der Waals surface area (Å²) in [4.78, 5) is 2.57. The minimum Gasteiger partial charge on any atom is -0.494 e. The first kappa shape index (κ1) is 19.0. The van der Waals surface area contributed by atoms with Crippen LogP contribution in [0.15, 0.2) is 24.3 Å². The van der Waals surface area contributed by atoms with Crippen LogP contribution in [0.2, 0.25) is 0 Å². The van der Waals surface area contributed by atoms with E-state index < -0.39 is 0 Å². The normalized spacial score (nSPS) is 12.6. The minimum absolute atomic E-state index is 0.839. The van der Waals surface area contributed by atoms with Crippen LogP contribution in [0.3, 0.4) is 0 Å². The van der Waals surface area contributed by atoms with Crippen molar-refractivity contribution in [1.29, 1.82) is 0 Å². The maximum atomic E-state index is 5.83. The SMILES string of the molecule is CCCN(CC)CCC(CC)CCCOc1ccc(C)cc1. The summed E-state index contributed by atoms with van der Waals surface area (Å²) in [7, 11) is 0. The van der Waals surface area contributed by atoms with Gasteiger partial charge in [-0.3, -0.25) is 0 Å². The Morgan fingerprint density at radius 3 is 2.32 bits per heavy atom. The first-order chi connectivity index (χ1) is 10.7. The summed E-state index contributed by atoms with van der Waals surface area (Å²) in [6.07, 6.45) is 6.32. The molecule has 0 spiro atoms. The Morgan fingerprint density at radius 2 is 1.73 bits per heavy atom. The summed E-state index contributed by atoms with van der Waals surface area (Å²) in [5.74, 6) is 1.84.